The van der Waals surface area contributed by atoms with E-state index in [1.165, 1.54) is 19.3 Å². The summed E-state index contributed by atoms with van der Waals surface area (Å²) in [7, 11) is 3.54. The van der Waals surface area contributed by atoms with E-state index in [2.05, 4.69) is 5.32 Å². The molecule has 0 radical (unpaired) electrons. The van der Waals surface area contributed by atoms with Crippen LogP contribution >= 0.6 is 0 Å². The largest absolute Gasteiger partial charge is 0.385 e. The second-order valence-electron chi connectivity index (χ2n) is 4.95. The molecular weight excluding hydrogens is 212 g/mol. The van der Waals surface area contributed by atoms with Crippen LogP contribution < -0.4 is 5.32 Å². The van der Waals surface area contributed by atoms with Gasteiger partial charge in [0.1, 0.15) is 0 Å². The Balaban J connectivity index is 1.90. The Labute approximate surface area is 103 Å². The number of benzene rings is 1. The molecule has 92 valence electrons. The zero-order chi connectivity index (χ0) is 12.3. The summed E-state index contributed by atoms with van der Waals surface area (Å²) < 4.78 is 0. The number of rotatable bonds is 4. The monoisotopic (exact) mass is 232 g/mol. The molecule has 1 aromatic rings. The fraction of sp³-hybridized carbons (Fsp3) is 0.500. The second-order valence-corrected chi connectivity index (χ2v) is 4.95. The van der Waals surface area contributed by atoms with Gasteiger partial charge in [-0.3, -0.25) is 4.79 Å². The molecular formula is C14H20N2O. The number of nitrogens with one attached hydrogen (secondary N) is 1. The van der Waals surface area contributed by atoms with Crippen LogP contribution in [0.4, 0.5) is 5.69 Å². The van der Waals surface area contributed by atoms with E-state index in [1.54, 1.807) is 19.0 Å². The van der Waals surface area contributed by atoms with Gasteiger partial charge in [-0.05, 0) is 43.0 Å². The Morgan fingerprint density at radius 2 is 1.94 bits per heavy atom. The maximum absolute atomic E-state index is 11.7. The van der Waals surface area contributed by atoms with Crippen LogP contribution in [0.5, 0.6) is 0 Å². The minimum absolute atomic E-state index is 0.0514. The Kier molecular flexibility index (Phi) is 3.67. The zero-order valence-corrected chi connectivity index (χ0v) is 10.6. The van der Waals surface area contributed by atoms with E-state index in [0.29, 0.717) is 0 Å². The van der Waals surface area contributed by atoms with E-state index in [0.717, 1.165) is 23.7 Å². The van der Waals surface area contributed by atoms with Gasteiger partial charge in [0, 0.05) is 31.9 Å². The normalized spacial score (nSPS) is 15.2. The van der Waals surface area contributed by atoms with Crippen LogP contribution in [-0.2, 0) is 0 Å². The predicted molar refractivity (Wildman–Crippen MR) is 70.3 cm³/mol. The van der Waals surface area contributed by atoms with Gasteiger partial charge in [-0.1, -0.05) is 6.42 Å². The van der Waals surface area contributed by atoms with Gasteiger partial charge in [0.05, 0.1) is 0 Å². The molecule has 0 aromatic heterocycles. The lowest BCUT2D eigenvalue weighted by Gasteiger charge is -2.25. The number of carbonyl (C=O) groups excluding carboxylic acids is 1. The summed E-state index contributed by atoms with van der Waals surface area (Å²) in [6.45, 7) is 1.06. The first-order valence-corrected chi connectivity index (χ1v) is 6.22. The van der Waals surface area contributed by atoms with Crippen LogP contribution in [0.25, 0.3) is 0 Å². The number of amides is 1. The smallest absolute Gasteiger partial charge is 0.253 e. The van der Waals surface area contributed by atoms with Crippen molar-refractivity contribution in [3.63, 3.8) is 0 Å². The van der Waals surface area contributed by atoms with Crippen molar-refractivity contribution in [1.82, 2.24) is 4.90 Å². The standard InChI is InChI=1S/C14H20N2O/c1-16(2)14(17)12-6-8-13(9-7-12)15-10-11-4-3-5-11/h6-9,11,15H,3-5,10H2,1-2H3. The van der Waals surface area contributed by atoms with Crippen LogP contribution in [0.1, 0.15) is 29.6 Å². The van der Waals surface area contributed by atoms with Crippen molar-refractivity contribution in [2.24, 2.45) is 5.92 Å². The third-order valence-electron chi connectivity index (χ3n) is 3.36. The lowest BCUT2D eigenvalue weighted by atomic mass is 9.85. The highest BCUT2D eigenvalue weighted by atomic mass is 16.2. The highest BCUT2D eigenvalue weighted by Crippen LogP contribution is 2.26. The Hall–Kier alpha value is -1.51. The van der Waals surface area contributed by atoms with Crippen molar-refractivity contribution in [3.05, 3.63) is 29.8 Å². The maximum Gasteiger partial charge on any atom is 0.253 e. The van der Waals surface area contributed by atoms with Crippen molar-refractivity contribution >= 4 is 11.6 Å². The highest BCUT2D eigenvalue weighted by Gasteiger charge is 2.16. The Morgan fingerprint density at radius 3 is 2.41 bits per heavy atom. The average Bonchev–Trinajstić information content (AvgIpc) is 2.27. The molecule has 2 rings (SSSR count). The predicted octanol–water partition coefficient (Wildman–Crippen LogP) is 2.60. The van der Waals surface area contributed by atoms with Crippen molar-refractivity contribution in [3.8, 4) is 0 Å². The highest BCUT2D eigenvalue weighted by molar-refractivity contribution is 5.94. The van der Waals surface area contributed by atoms with Crippen LogP contribution in [0.15, 0.2) is 24.3 Å². The molecule has 0 bridgehead atoms. The van der Waals surface area contributed by atoms with Gasteiger partial charge < -0.3 is 10.2 Å². The molecule has 17 heavy (non-hydrogen) atoms. The van der Waals surface area contributed by atoms with E-state index in [4.69, 9.17) is 0 Å². The first-order chi connectivity index (χ1) is 8.16. The summed E-state index contributed by atoms with van der Waals surface area (Å²) in [6, 6.07) is 7.72. The third kappa shape index (κ3) is 2.99. The summed E-state index contributed by atoms with van der Waals surface area (Å²) in [5, 5.41) is 3.42. The van der Waals surface area contributed by atoms with Crippen molar-refractivity contribution in [2.45, 2.75) is 19.3 Å². The summed E-state index contributed by atoms with van der Waals surface area (Å²) in [5.74, 6) is 0.897. The summed E-state index contributed by atoms with van der Waals surface area (Å²) in [4.78, 5) is 13.3. The third-order valence-corrected chi connectivity index (χ3v) is 3.36. The summed E-state index contributed by atoms with van der Waals surface area (Å²) >= 11 is 0. The van der Waals surface area contributed by atoms with Gasteiger partial charge in [-0.2, -0.15) is 0 Å². The van der Waals surface area contributed by atoms with Crippen molar-refractivity contribution in [2.75, 3.05) is 26.0 Å². The maximum atomic E-state index is 11.7. The van der Waals surface area contributed by atoms with E-state index >= 15 is 0 Å². The number of anilines is 1. The van der Waals surface area contributed by atoms with Crippen LogP contribution in [0, 0.1) is 5.92 Å². The SMILES string of the molecule is CN(C)C(=O)c1ccc(NCC2CCC2)cc1. The molecule has 1 N–H and O–H groups in total. The fourth-order valence-electron chi connectivity index (χ4n) is 1.95. The molecule has 3 nitrogen and oxygen atoms in total. The first kappa shape index (κ1) is 12.0. The van der Waals surface area contributed by atoms with Crippen LogP contribution in [-0.4, -0.2) is 31.4 Å². The summed E-state index contributed by atoms with van der Waals surface area (Å²) in [5.41, 5.74) is 1.84. The second kappa shape index (κ2) is 5.21. The van der Waals surface area contributed by atoms with E-state index in [-0.39, 0.29) is 5.91 Å². The molecule has 1 amide bonds. The molecule has 0 saturated heterocycles. The Morgan fingerprint density at radius 1 is 1.29 bits per heavy atom. The fourth-order valence-corrected chi connectivity index (χ4v) is 1.95. The van der Waals surface area contributed by atoms with Gasteiger partial charge in [-0.15, -0.1) is 0 Å². The number of hydrogen-bond donors (Lipinski definition) is 1. The molecule has 0 spiro atoms. The van der Waals surface area contributed by atoms with Gasteiger partial charge in [0.25, 0.3) is 5.91 Å². The van der Waals surface area contributed by atoms with E-state index in [9.17, 15) is 4.79 Å². The molecule has 0 aliphatic heterocycles. The molecule has 3 heteroatoms. The van der Waals surface area contributed by atoms with Gasteiger partial charge in [0.15, 0.2) is 0 Å². The summed E-state index contributed by atoms with van der Waals surface area (Å²) in [6.07, 6.45) is 4.08. The van der Waals surface area contributed by atoms with Gasteiger partial charge >= 0.3 is 0 Å². The lowest BCUT2D eigenvalue weighted by Crippen LogP contribution is -2.22. The molecule has 0 unspecified atom stereocenters. The number of hydrogen-bond acceptors (Lipinski definition) is 2. The van der Waals surface area contributed by atoms with Gasteiger partial charge in [-0.25, -0.2) is 0 Å². The zero-order valence-electron chi connectivity index (χ0n) is 10.6. The molecule has 0 heterocycles. The molecule has 1 aromatic carbocycles. The lowest BCUT2D eigenvalue weighted by molar-refractivity contribution is 0.0827. The number of carbonyl (C=O) groups is 1. The molecule has 1 aliphatic carbocycles. The minimum atomic E-state index is 0.0514. The molecule has 0 atom stereocenters. The van der Waals surface area contributed by atoms with E-state index < -0.39 is 0 Å². The van der Waals surface area contributed by atoms with Crippen molar-refractivity contribution in [1.29, 1.82) is 0 Å². The molecule has 1 aliphatic rings. The van der Waals surface area contributed by atoms with Crippen LogP contribution in [0.3, 0.4) is 0 Å². The Bertz CT molecular complexity index is 380. The molecule has 1 saturated carbocycles. The average molecular weight is 232 g/mol. The minimum Gasteiger partial charge on any atom is -0.385 e. The van der Waals surface area contributed by atoms with E-state index in [1.807, 2.05) is 24.3 Å². The van der Waals surface area contributed by atoms with Gasteiger partial charge in [0.2, 0.25) is 0 Å². The topological polar surface area (TPSA) is 32.3 Å². The van der Waals surface area contributed by atoms with Crippen LogP contribution in [0.2, 0.25) is 0 Å². The number of nitrogens with zero attached hydrogens (tertiary/aromatic N) is 1. The van der Waals surface area contributed by atoms with Crippen molar-refractivity contribution < 1.29 is 4.79 Å². The molecule has 1 fully saturated rings. The quantitative estimate of drug-likeness (QED) is 0.865. The first-order valence-electron chi connectivity index (χ1n) is 6.22.